The number of para-hydroxylation sites is 1. The molecular formula is C18H24IN3O3. The van der Waals surface area contributed by atoms with E-state index in [1.165, 1.54) is 0 Å². The van der Waals surface area contributed by atoms with Gasteiger partial charge in [-0.3, -0.25) is 4.79 Å². The number of benzene rings is 1. The summed E-state index contributed by atoms with van der Waals surface area (Å²) in [5, 5.41) is 0. The summed E-state index contributed by atoms with van der Waals surface area (Å²) in [5.41, 5.74) is 6.82. The van der Waals surface area contributed by atoms with Crippen LogP contribution in [0, 0.1) is 0 Å². The Morgan fingerprint density at radius 3 is 2.32 bits per heavy atom. The topological polar surface area (TPSA) is 75.9 Å². The molecule has 1 aliphatic heterocycles. The maximum atomic E-state index is 12.4. The molecule has 2 N–H and O–H groups in total. The minimum Gasteiger partial charge on any atom is -0.446 e. The number of nitrogens with zero attached hydrogens (tertiary/aromatic N) is 2. The highest BCUT2D eigenvalue weighted by Crippen LogP contribution is 2.27. The van der Waals surface area contributed by atoms with E-state index in [4.69, 9.17) is 10.5 Å². The summed E-state index contributed by atoms with van der Waals surface area (Å²) in [7, 11) is 0. The number of nitrogens with two attached hydrogens (primary N) is 1. The molecule has 0 aromatic heterocycles. The van der Waals surface area contributed by atoms with E-state index in [0.717, 1.165) is 31.4 Å². The number of hydrogen-bond donors (Lipinski definition) is 1. The number of carbonyl (C=O) groups excluding carboxylic acids is 2. The number of primary amides is 1. The molecule has 1 aromatic carbocycles. The minimum absolute atomic E-state index is 0.0622. The summed E-state index contributed by atoms with van der Waals surface area (Å²) >= 11 is 2.47. The molecule has 7 heteroatoms. The van der Waals surface area contributed by atoms with Crippen molar-refractivity contribution < 1.29 is 14.3 Å². The molecule has 0 unspecified atom stereocenters. The highest BCUT2D eigenvalue weighted by molar-refractivity contribution is 14.1. The maximum Gasteiger partial charge on any atom is 0.410 e. The van der Waals surface area contributed by atoms with Crippen LogP contribution in [0.4, 0.5) is 10.5 Å². The third kappa shape index (κ3) is 4.56. The molecule has 0 atom stereocenters. The quantitative estimate of drug-likeness (QED) is 0.560. The Kier molecular flexibility index (Phi) is 6.03. The summed E-state index contributed by atoms with van der Waals surface area (Å²) < 4.78 is 6.38. The number of hydrogen-bond acceptors (Lipinski definition) is 4. The first-order valence-corrected chi connectivity index (χ1v) is 10.0. The molecular weight excluding hydrogens is 433 g/mol. The number of rotatable bonds is 3. The van der Waals surface area contributed by atoms with Gasteiger partial charge in [0.2, 0.25) is 0 Å². The molecule has 25 heavy (non-hydrogen) atoms. The fourth-order valence-electron chi connectivity index (χ4n) is 3.44. The number of piperazine rings is 1. The van der Waals surface area contributed by atoms with Crippen molar-refractivity contribution >= 4 is 40.3 Å². The van der Waals surface area contributed by atoms with Gasteiger partial charge in [0.15, 0.2) is 0 Å². The predicted molar refractivity (Wildman–Crippen MR) is 105 cm³/mol. The average Bonchev–Trinajstić information content (AvgIpc) is 2.63. The molecule has 1 aliphatic carbocycles. The van der Waals surface area contributed by atoms with Crippen molar-refractivity contribution in [2.75, 3.05) is 31.1 Å². The molecule has 136 valence electrons. The summed E-state index contributed by atoms with van der Waals surface area (Å²) in [6.45, 7) is 2.51. The zero-order chi connectivity index (χ0) is 17.8. The Balaban J connectivity index is 1.53. The summed E-state index contributed by atoms with van der Waals surface area (Å²) in [6.07, 6.45) is 4.02. The normalized spacial score (nSPS) is 24.0. The van der Waals surface area contributed by atoms with Gasteiger partial charge in [-0.25, -0.2) is 4.79 Å². The van der Waals surface area contributed by atoms with E-state index in [1.807, 2.05) is 18.2 Å². The van der Waals surface area contributed by atoms with Crippen LogP contribution >= 0.6 is 22.6 Å². The van der Waals surface area contributed by atoms with Crippen LogP contribution in [-0.4, -0.2) is 53.1 Å². The maximum absolute atomic E-state index is 12.4. The molecule has 0 bridgehead atoms. The molecule has 0 spiro atoms. The molecule has 2 fully saturated rings. The first kappa shape index (κ1) is 18.3. The zero-order valence-corrected chi connectivity index (χ0v) is 16.4. The Morgan fingerprint density at radius 2 is 1.68 bits per heavy atom. The van der Waals surface area contributed by atoms with Crippen LogP contribution in [0.3, 0.4) is 0 Å². The van der Waals surface area contributed by atoms with Crippen LogP contribution in [0.15, 0.2) is 24.3 Å². The highest BCUT2D eigenvalue weighted by Gasteiger charge is 2.28. The lowest BCUT2D eigenvalue weighted by Gasteiger charge is -2.37. The molecule has 6 nitrogen and oxygen atoms in total. The third-order valence-corrected chi connectivity index (χ3v) is 6.16. The van der Waals surface area contributed by atoms with Crippen LogP contribution in [0.1, 0.15) is 36.0 Å². The molecule has 1 heterocycles. The van der Waals surface area contributed by atoms with Gasteiger partial charge in [0.25, 0.3) is 5.91 Å². The average molecular weight is 457 g/mol. The van der Waals surface area contributed by atoms with Crippen molar-refractivity contribution in [3.05, 3.63) is 29.8 Å². The van der Waals surface area contributed by atoms with Crippen molar-refractivity contribution in [3.63, 3.8) is 0 Å². The first-order valence-electron chi connectivity index (χ1n) is 8.78. The van der Waals surface area contributed by atoms with Gasteiger partial charge in [-0.2, -0.15) is 0 Å². The SMILES string of the molecule is NC(=O)c1ccccc1N1CCN(C(=O)OC2CCC(I)CC2)CC1. The van der Waals surface area contributed by atoms with Crippen LogP contribution in [0.5, 0.6) is 0 Å². The first-order chi connectivity index (χ1) is 12.0. The highest BCUT2D eigenvalue weighted by atomic mass is 127. The Hall–Kier alpha value is -1.51. The molecule has 1 saturated carbocycles. The second-order valence-electron chi connectivity index (χ2n) is 6.61. The summed E-state index contributed by atoms with van der Waals surface area (Å²) in [6, 6.07) is 7.34. The Morgan fingerprint density at radius 1 is 1.04 bits per heavy atom. The second kappa shape index (κ2) is 8.25. The van der Waals surface area contributed by atoms with Crippen molar-refractivity contribution in [2.24, 2.45) is 5.73 Å². The lowest BCUT2D eigenvalue weighted by atomic mass is 9.98. The van der Waals surface area contributed by atoms with Gasteiger partial charge in [-0.05, 0) is 37.8 Å². The van der Waals surface area contributed by atoms with Crippen molar-refractivity contribution in [1.29, 1.82) is 0 Å². The molecule has 1 aromatic rings. The van der Waals surface area contributed by atoms with E-state index >= 15 is 0 Å². The number of carbonyl (C=O) groups is 2. The van der Waals surface area contributed by atoms with Crippen LogP contribution < -0.4 is 10.6 Å². The van der Waals surface area contributed by atoms with Gasteiger partial charge < -0.3 is 20.3 Å². The van der Waals surface area contributed by atoms with Gasteiger partial charge in [0.05, 0.1) is 5.56 Å². The fraction of sp³-hybridized carbons (Fsp3) is 0.556. The lowest BCUT2D eigenvalue weighted by molar-refractivity contribution is 0.0459. The van der Waals surface area contributed by atoms with Crippen molar-refractivity contribution in [3.8, 4) is 0 Å². The summed E-state index contributed by atoms with van der Waals surface area (Å²) in [5.74, 6) is -0.427. The van der Waals surface area contributed by atoms with Crippen molar-refractivity contribution in [1.82, 2.24) is 4.90 Å². The second-order valence-corrected chi connectivity index (χ2v) is 8.37. The van der Waals surface area contributed by atoms with Crippen LogP contribution in [0.25, 0.3) is 0 Å². The molecule has 2 aliphatic rings. The lowest BCUT2D eigenvalue weighted by Crippen LogP contribution is -2.50. The van der Waals surface area contributed by atoms with E-state index < -0.39 is 5.91 Å². The molecule has 1 saturated heterocycles. The largest absolute Gasteiger partial charge is 0.446 e. The Bertz CT molecular complexity index is 624. The van der Waals surface area contributed by atoms with Crippen molar-refractivity contribution in [2.45, 2.75) is 35.7 Å². The van der Waals surface area contributed by atoms with E-state index in [1.54, 1.807) is 11.0 Å². The monoisotopic (exact) mass is 457 g/mol. The Labute approximate surface area is 161 Å². The van der Waals surface area contributed by atoms with E-state index in [0.29, 0.717) is 35.7 Å². The number of anilines is 1. The molecule has 0 radical (unpaired) electrons. The van der Waals surface area contributed by atoms with Gasteiger partial charge in [0, 0.05) is 35.8 Å². The van der Waals surface area contributed by atoms with E-state index in [9.17, 15) is 9.59 Å². The van der Waals surface area contributed by atoms with E-state index in [-0.39, 0.29) is 12.2 Å². The van der Waals surface area contributed by atoms with Crippen LogP contribution in [0.2, 0.25) is 0 Å². The van der Waals surface area contributed by atoms with E-state index in [2.05, 4.69) is 27.5 Å². The van der Waals surface area contributed by atoms with Gasteiger partial charge in [0.1, 0.15) is 6.10 Å². The smallest absolute Gasteiger partial charge is 0.410 e. The number of ether oxygens (including phenoxy) is 1. The molecule has 2 amide bonds. The number of amides is 2. The standard InChI is InChI=1S/C18H24IN3O3/c19-13-5-7-14(8-6-13)25-18(24)22-11-9-21(10-12-22)16-4-2-1-3-15(16)17(20)23/h1-4,13-14H,5-12H2,(H2,20,23). The predicted octanol–water partition coefficient (Wildman–Crippen LogP) is 2.79. The number of halogens is 1. The zero-order valence-electron chi connectivity index (χ0n) is 14.2. The van der Waals surface area contributed by atoms with Gasteiger partial charge in [-0.1, -0.05) is 34.7 Å². The van der Waals surface area contributed by atoms with Crippen LogP contribution in [-0.2, 0) is 4.74 Å². The van der Waals surface area contributed by atoms with Gasteiger partial charge in [-0.15, -0.1) is 0 Å². The van der Waals surface area contributed by atoms with Gasteiger partial charge >= 0.3 is 6.09 Å². The summed E-state index contributed by atoms with van der Waals surface area (Å²) in [4.78, 5) is 27.8. The third-order valence-electron chi connectivity index (χ3n) is 4.92. The molecule has 3 rings (SSSR count). The number of alkyl halides is 1. The minimum atomic E-state index is -0.427. The fourth-order valence-corrected chi connectivity index (χ4v) is 4.16.